The minimum Gasteiger partial charge on any atom is -0.309 e. The van der Waals surface area contributed by atoms with E-state index in [0.717, 1.165) is 24.2 Å². The van der Waals surface area contributed by atoms with E-state index in [0.29, 0.717) is 11.7 Å². The summed E-state index contributed by atoms with van der Waals surface area (Å²) >= 11 is 0. The Kier molecular flexibility index (Phi) is 2.41. The van der Waals surface area contributed by atoms with Crippen molar-refractivity contribution in [3.8, 4) is 11.4 Å². The molecular formula is C14H15FN4. The van der Waals surface area contributed by atoms with E-state index in [4.69, 9.17) is 0 Å². The van der Waals surface area contributed by atoms with Gasteiger partial charge >= 0.3 is 0 Å². The molecule has 1 unspecified atom stereocenters. The lowest BCUT2D eigenvalue weighted by atomic mass is 10.2. The van der Waals surface area contributed by atoms with E-state index in [1.54, 1.807) is 6.07 Å². The molecule has 3 atom stereocenters. The predicted molar refractivity (Wildman–Crippen MR) is 68.9 cm³/mol. The molecule has 0 bridgehead atoms. The van der Waals surface area contributed by atoms with Gasteiger partial charge in [-0.25, -0.2) is 4.39 Å². The minimum absolute atomic E-state index is 0.322. The van der Waals surface area contributed by atoms with E-state index in [-0.39, 0.29) is 5.82 Å². The molecule has 98 valence electrons. The van der Waals surface area contributed by atoms with Crippen molar-refractivity contribution < 1.29 is 4.39 Å². The first-order valence-corrected chi connectivity index (χ1v) is 6.69. The quantitative estimate of drug-likeness (QED) is 0.913. The van der Waals surface area contributed by atoms with Crippen molar-refractivity contribution in [1.29, 1.82) is 0 Å². The molecule has 4 nitrogen and oxygen atoms in total. The Labute approximate surface area is 110 Å². The van der Waals surface area contributed by atoms with Crippen LogP contribution in [0.4, 0.5) is 4.39 Å². The fourth-order valence-electron chi connectivity index (χ4n) is 2.93. The van der Waals surface area contributed by atoms with Crippen LogP contribution in [0, 0.1) is 11.7 Å². The first-order chi connectivity index (χ1) is 9.28. The van der Waals surface area contributed by atoms with Crippen LogP contribution < -0.4 is 5.32 Å². The van der Waals surface area contributed by atoms with Crippen LogP contribution in [0.1, 0.15) is 12.8 Å². The summed E-state index contributed by atoms with van der Waals surface area (Å²) in [7, 11) is 0. The average Bonchev–Trinajstić information content (AvgIpc) is 2.84. The summed E-state index contributed by atoms with van der Waals surface area (Å²) in [5.41, 5.74) is 1.51. The molecule has 1 saturated carbocycles. The molecule has 0 spiro atoms. The summed E-state index contributed by atoms with van der Waals surface area (Å²) in [6, 6.07) is 6.30. The van der Waals surface area contributed by atoms with Gasteiger partial charge in [-0.15, -0.1) is 0 Å². The van der Waals surface area contributed by atoms with Gasteiger partial charge in [-0.1, -0.05) is 0 Å². The summed E-state index contributed by atoms with van der Waals surface area (Å²) in [4.78, 5) is 4.05. The summed E-state index contributed by atoms with van der Waals surface area (Å²) in [6.45, 7) is 0.897. The number of hydrogen-bond donors (Lipinski definition) is 1. The van der Waals surface area contributed by atoms with Gasteiger partial charge in [0.25, 0.3) is 0 Å². The van der Waals surface area contributed by atoms with Crippen molar-refractivity contribution in [3.05, 3.63) is 36.4 Å². The van der Waals surface area contributed by atoms with Crippen molar-refractivity contribution in [2.24, 2.45) is 5.92 Å². The van der Waals surface area contributed by atoms with Gasteiger partial charge in [0.2, 0.25) is 0 Å². The topological polar surface area (TPSA) is 42.7 Å². The molecule has 1 aliphatic heterocycles. The zero-order chi connectivity index (χ0) is 12.8. The fraction of sp³-hybridized carbons (Fsp3) is 0.429. The summed E-state index contributed by atoms with van der Waals surface area (Å²) < 4.78 is 14.8. The highest BCUT2D eigenvalue weighted by Gasteiger charge is 2.45. The zero-order valence-corrected chi connectivity index (χ0v) is 10.5. The Morgan fingerprint density at radius 2 is 2.21 bits per heavy atom. The number of nitrogens with zero attached hydrogens (tertiary/aromatic N) is 3. The first kappa shape index (κ1) is 11.1. The summed E-state index contributed by atoms with van der Waals surface area (Å²) in [5.74, 6) is 0.580. The third-order valence-electron chi connectivity index (χ3n) is 4.00. The van der Waals surface area contributed by atoms with Crippen molar-refractivity contribution >= 4 is 0 Å². The third kappa shape index (κ3) is 2.14. The lowest BCUT2D eigenvalue weighted by molar-refractivity contribution is 0.442. The molecule has 0 amide bonds. The maximum absolute atomic E-state index is 12.8. The fourth-order valence-corrected chi connectivity index (χ4v) is 2.93. The van der Waals surface area contributed by atoms with Gasteiger partial charge in [-0.2, -0.15) is 5.10 Å². The van der Waals surface area contributed by atoms with Gasteiger partial charge < -0.3 is 5.32 Å². The first-order valence-electron chi connectivity index (χ1n) is 6.69. The Morgan fingerprint density at radius 1 is 1.26 bits per heavy atom. The second-order valence-electron chi connectivity index (χ2n) is 5.49. The smallest absolute Gasteiger partial charge is 0.141 e. The van der Waals surface area contributed by atoms with Gasteiger partial charge in [-0.05, 0) is 37.0 Å². The average molecular weight is 258 g/mol. The molecule has 3 heterocycles. The van der Waals surface area contributed by atoms with Crippen molar-refractivity contribution in [3.63, 3.8) is 0 Å². The van der Waals surface area contributed by atoms with Crippen molar-refractivity contribution in [1.82, 2.24) is 20.1 Å². The van der Waals surface area contributed by atoms with Crippen LogP contribution in [0.15, 0.2) is 30.6 Å². The van der Waals surface area contributed by atoms with Gasteiger partial charge in [0.15, 0.2) is 0 Å². The number of nitrogens with one attached hydrogen (secondary N) is 1. The van der Waals surface area contributed by atoms with Gasteiger partial charge in [0.05, 0.1) is 18.4 Å². The molecule has 1 N–H and O–H groups in total. The second kappa shape index (κ2) is 4.13. The van der Waals surface area contributed by atoms with E-state index in [1.807, 2.05) is 16.9 Å². The molecule has 2 fully saturated rings. The number of rotatable bonds is 3. The molecule has 1 aliphatic carbocycles. The van der Waals surface area contributed by atoms with Crippen LogP contribution in [0.5, 0.6) is 0 Å². The van der Waals surface area contributed by atoms with Crippen LogP contribution in [-0.2, 0) is 6.54 Å². The number of fused-ring (bicyclic) bond motifs is 1. The van der Waals surface area contributed by atoms with E-state index < -0.39 is 0 Å². The van der Waals surface area contributed by atoms with Crippen LogP contribution in [0.3, 0.4) is 0 Å². The second-order valence-corrected chi connectivity index (χ2v) is 5.49. The van der Waals surface area contributed by atoms with E-state index in [2.05, 4.69) is 15.4 Å². The predicted octanol–water partition coefficient (Wildman–Crippen LogP) is 1.83. The number of piperidine rings is 1. The van der Waals surface area contributed by atoms with Crippen LogP contribution in [0.25, 0.3) is 11.4 Å². The molecule has 5 heteroatoms. The highest BCUT2D eigenvalue weighted by atomic mass is 19.1. The maximum atomic E-state index is 12.8. The lowest BCUT2D eigenvalue weighted by Gasteiger charge is -2.12. The number of hydrogen-bond acceptors (Lipinski definition) is 3. The SMILES string of the molecule is Fc1ccc(-c2ccn(C[C@@H]3CC4C[C@@H]4N3)n2)nc1. The largest absolute Gasteiger partial charge is 0.309 e. The summed E-state index contributed by atoms with van der Waals surface area (Å²) in [6.07, 6.45) is 5.79. The minimum atomic E-state index is -0.322. The Balaban J connectivity index is 1.48. The Bertz CT molecular complexity index is 582. The number of halogens is 1. The molecule has 19 heavy (non-hydrogen) atoms. The summed E-state index contributed by atoms with van der Waals surface area (Å²) in [5, 5.41) is 8.11. The standard InChI is InChI=1S/C14H15FN4/c15-10-1-2-12(16-7-10)13-3-4-19(18-13)8-11-5-9-6-14(9)17-11/h1-4,7,9,11,14,17H,5-6,8H2/t9?,11-,14-/m0/s1. The highest BCUT2D eigenvalue weighted by molar-refractivity contribution is 5.52. The van der Waals surface area contributed by atoms with Crippen LogP contribution in [-0.4, -0.2) is 26.8 Å². The molecule has 0 aromatic carbocycles. The number of aromatic nitrogens is 3. The number of pyridine rings is 1. The van der Waals surface area contributed by atoms with Crippen molar-refractivity contribution in [2.45, 2.75) is 31.5 Å². The zero-order valence-electron chi connectivity index (χ0n) is 10.5. The Morgan fingerprint density at radius 3 is 2.95 bits per heavy atom. The lowest BCUT2D eigenvalue weighted by Crippen LogP contribution is -2.30. The van der Waals surface area contributed by atoms with Gasteiger partial charge in [-0.3, -0.25) is 9.67 Å². The molecule has 2 aliphatic rings. The van der Waals surface area contributed by atoms with E-state index >= 15 is 0 Å². The highest BCUT2D eigenvalue weighted by Crippen LogP contribution is 2.40. The van der Waals surface area contributed by atoms with Crippen LogP contribution in [0.2, 0.25) is 0 Å². The van der Waals surface area contributed by atoms with E-state index in [9.17, 15) is 4.39 Å². The van der Waals surface area contributed by atoms with Crippen LogP contribution >= 0.6 is 0 Å². The maximum Gasteiger partial charge on any atom is 0.141 e. The molecule has 0 radical (unpaired) electrons. The Hall–Kier alpha value is -1.75. The van der Waals surface area contributed by atoms with E-state index in [1.165, 1.54) is 25.1 Å². The van der Waals surface area contributed by atoms with Gasteiger partial charge in [0.1, 0.15) is 11.5 Å². The third-order valence-corrected chi connectivity index (χ3v) is 4.00. The van der Waals surface area contributed by atoms with Gasteiger partial charge in [0, 0.05) is 18.3 Å². The monoisotopic (exact) mass is 258 g/mol. The molecule has 1 saturated heterocycles. The molecule has 4 rings (SSSR count). The normalized spacial score (nSPS) is 28.4. The van der Waals surface area contributed by atoms with Crippen molar-refractivity contribution in [2.75, 3.05) is 0 Å². The molecule has 2 aromatic heterocycles. The molecule has 2 aromatic rings. The molecular weight excluding hydrogens is 243 g/mol.